The predicted molar refractivity (Wildman–Crippen MR) is 81.5 cm³/mol. The highest BCUT2D eigenvalue weighted by Crippen LogP contribution is 2.22. The third-order valence-electron chi connectivity index (χ3n) is 2.45. The van der Waals surface area contributed by atoms with Gasteiger partial charge in [0.05, 0.1) is 36.2 Å². The number of carbonyl (C=O) groups excluding carboxylic acids is 1. The fourth-order valence-electron chi connectivity index (χ4n) is 1.39. The standard InChI is InChI=1S/C14H15Cl2NO4/c1-9(11(8-19-2)14(18)20-3)17-21-7-10-4-5-12(15)13(16)6-10/h4-6,8H,7H2,1-3H3. The molecule has 0 aromatic heterocycles. The van der Waals surface area contributed by atoms with Gasteiger partial charge < -0.3 is 14.3 Å². The maximum absolute atomic E-state index is 11.5. The maximum Gasteiger partial charge on any atom is 0.342 e. The van der Waals surface area contributed by atoms with Gasteiger partial charge in [0.15, 0.2) is 0 Å². The number of esters is 1. The van der Waals surface area contributed by atoms with Crippen LogP contribution in [0.4, 0.5) is 0 Å². The van der Waals surface area contributed by atoms with E-state index in [-0.39, 0.29) is 12.2 Å². The summed E-state index contributed by atoms with van der Waals surface area (Å²) in [5, 5.41) is 4.76. The van der Waals surface area contributed by atoms with Crippen molar-refractivity contribution in [2.75, 3.05) is 14.2 Å². The molecule has 21 heavy (non-hydrogen) atoms. The molecule has 0 radical (unpaired) electrons. The van der Waals surface area contributed by atoms with E-state index in [2.05, 4.69) is 9.89 Å². The van der Waals surface area contributed by atoms with Crippen molar-refractivity contribution in [3.05, 3.63) is 45.6 Å². The molecule has 0 saturated carbocycles. The van der Waals surface area contributed by atoms with Crippen molar-refractivity contribution in [3.63, 3.8) is 0 Å². The summed E-state index contributed by atoms with van der Waals surface area (Å²) in [6.45, 7) is 1.80. The smallest absolute Gasteiger partial charge is 0.342 e. The Morgan fingerprint density at radius 3 is 2.57 bits per heavy atom. The Hall–Kier alpha value is -1.72. The van der Waals surface area contributed by atoms with Crippen LogP contribution in [0.3, 0.4) is 0 Å². The van der Waals surface area contributed by atoms with Crippen molar-refractivity contribution < 1.29 is 19.1 Å². The van der Waals surface area contributed by atoms with Crippen LogP contribution in [0.15, 0.2) is 35.2 Å². The average Bonchev–Trinajstić information content (AvgIpc) is 2.47. The minimum atomic E-state index is -0.559. The van der Waals surface area contributed by atoms with Gasteiger partial charge in [0.25, 0.3) is 0 Å². The third kappa shape index (κ3) is 5.28. The highest BCUT2D eigenvalue weighted by Gasteiger charge is 2.14. The van der Waals surface area contributed by atoms with E-state index in [4.69, 9.17) is 32.8 Å². The fraction of sp³-hybridized carbons (Fsp3) is 0.286. The predicted octanol–water partition coefficient (Wildman–Crippen LogP) is 3.59. The molecular weight excluding hydrogens is 317 g/mol. The summed E-state index contributed by atoms with van der Waals surface area (Å²) in [6, 6.07) is 5.12. The van der Waals surface area contributed by atoms with Crippen LogP contribution < -0.4 is 0 Å². The van der Waals surface area contributed by atoms with Crippen LogP contribution in [0.1, 0.15) is 12.5 Å². The second-order valence-corrected chi connectivity index (χ2v) is 4.77. The molecule has 0 aliphatic carbocycles. The Kier molecular flexibility index (Phi) is 7.05. The molecule has 0 atom stereocenters. The number of carbonyl (C=O) groups is 1. The minimum Gasteiger partial charge on any atom is -0.503 e. The number of rotatable bonds is 6. The summed E-state index contributed by atoms with van der Waals surface area (Å²) >= 11 is 11.7. The van der Waals surface area contributed by atoms with Gasteiger partial charge in [-0.25, -0.2) is 4.79 Å². The van der Waals surface area contributed by atoms with Gasteiger partial charge in [-0.3, -0.25) is 0 Å². The summed E-state index contributed by atoms with van der Waals surface area (Å²) < 4.78 is 9.43. The zero-order valence-corrected chi connectivity index (χ0v) is 13.4. The first-order chi connectivity index (χ1) is 9.99. The lowest BCUT2D eigenvalue weighted by molar-refractivity contribution is -0.135. The summed E-state index contributed by atoms with van der Waals surface area (Å²) in [6.07, 6.45) is 1.24. The molecule has 0 N–H and O–H groups in total. The molecule has 0 unspecified atom stereocenters. The van der Waals surface area contributed by atoms with E-state index in [1.54, 1.807) is 25.1 Å². The van der Waals surface area contributed by atoms with Gasteiger partial charge in [-0.1, -0.05) is 34.4 Å². The van der Waals surface area contributed by atoms with Crippen LogP contribution in [0.5, 0.6) is 0 Å². The minimum absolute atomic E-state index is 0.175. The first kappa shape index (κ1) is 17.3. The topological polar surface area (TPSA) is 57.1 Å². The Labute approximate surface area is 133 Å². The van der Waals surface area contributed by atoms with E-state index < -0.39 is 5.97 Å². The van der Waals surface area contributed by atoms with Crippen LogP contribution in [0.25, 0.3) is 0 Å². The van der Waals surface area contributed by atoms with Crippen molar-refractivity contribution in [1.82, 2.24) is 0 Å². The van der Waals surface area contributed by atoms with Crippen LogP contribution in [0.2, 0.25) is 10.0 Å². The first-order valence-electron chi connectivity index (χ1n) is 5.91. The van der Waals surface area contributed by atoms with Gasteiger partial charge in [0.1, 0.15) is 12.2 Å². The van der Waals surface area contributed by atoms with Crippen molar-refractivity contribution in [3.8, 4) is 0 Å². The summed E-state index contributed by atoms with van der Waals surface area (Å²) in [5.41, 5.74) is 1.31. The zero-order chi connectivity index (χ0) is 15.8. The van der Waals surface area contributed by atoms with E-state index in [1.165, 1.54) is 20.5 Å². The quantitative estimate of drug-likeness (QED) is 0.263. The largest absolute Gasteiger partial charge is 0.503 e. The van der Waals surface area contributed by atoms with E-state index in [9.17, 15) is 4.79 Å². The van der Waals surface area contributed by atoms with Gasteiger partial charge in [0.2, 0.25) is 0 Å². The summed E-state index contributed by atoms with van der Waals surface area (Å²) in [7, 11) is 2.70. The van der Waals surface area contributed by atoms with Gasteiger partial charge >= 0.3 is 5.97 Å². The van der Waals surface area contributed by atoms with Crippen molar-refractivity contribution in [2.24, 2.45) is 5.16 Å². The summed E-state index contributed by atoms with van der Waals surface area (Å²) in [4.78, 5) is 16.7. The molecule has 0 spiro atoms. The molecule has 0 amide bonds. The molecule has 5 nitrogen and oxygen atoms in total. The Balaban J connectivity index is 2.72. The first-order valence-corrected chi connectivity index (χ1v) is 6.67. The van der Waals surface area contributed by atoms with Crippen molar-refractivity contribution in [2.45, 2.75) is 13.5 Å². The fourth-order valence-corrected chi connectivity index (χ4v) is 1.71. The zero-order valence-electron chi connectivity index (χ0n) is 11.9. The number of oxime groups is 1. The molecule has 0 heterocycles. The van der Waals surface area contributed by atoms with Crippen LogP contribution >= 0.6 is 23.2 Å². The highest BCUT2D eigenvalue weighted by molar-refractivity contribution is 6.42. The van der Waals surface area contributed by atoms with Crippen molar-refractivity contribution in [1.29, 1.82) is 0 Å². The second-order valence-electron chi connectivity index (χ2n) is 3.96. The average molecular weight is 332 g/mol. The molecule has 0 saturated heterocycles. The summed E-state index contributed by atoms with van der Waals surface area (Å²) in [5.74, 6) is -0.559. The number of benzene rings is 1. The monoisotopic (exact) mass is 331 g/mol. The lowest BCUT2D eigenvalue weighted by Crippen LogP contribution is -2.13. The van der Waals surface area contributed by atoms with Crippen LogP contribution in [-0.4, -0.2) is 25.9 Å². The second kappa shape index (κ2) is 8.54. The molecule has 0 aliphatic rings. The molecule has 1 aromatic rings. The van der Waals surface area contributed by atoms with Crippen LogP contribution in [0, 0.1) is 0 Å². The Bertz CT molecular complexity index is 570. The number of hydrogen-bond donors (Lipinski definition) is 0. The van der Waals surface area contributed by atoms with Gasteiger partial charge in [0, 0.05) is 0 Å². The molecule has 0 bridgehead atoms. The number of hydrogen-bond acceptors (Lipinski definition) is 5. The number of nitrogens with zero attached hydrogens (tertiary/aromatic N) is 1. The van der Waals surface area contributed by atoms with E-state index in [0.717, 1.165) is 5.56 Å². The molecular formula is C14H15Cl2NO4. The Morgan fingerprint density at radius 1 is 1.29 bits per heavy atom. The number of halogens is 2. The van der Waals surface area contributed by atoms with Crippen LogP contribution in [-0.2, 0) is 25.7 Å². The molecule has 1 aromatic carbocycles. The Morgan fingerprint density at radius 2 is 2.00 bits per heavy atom. The van der Waals surface area contributed by atoms with Crippen molar-refractivity contribution >= 4 is 34.9 Å². The van der Waals surface area contributed by atoms with Gasteiger partial charge in [-0.05, 0) is 24.6 Å². The maximum atomic E-state index is 11.5. The number of ether oxygens (including phenoxy) is 2. The van der Waals surface area contributed by atoms with E-state index in [0.29, 0.717) is 15.8 Å². The molecule has 7 heteroatoms. The lowest BCUT2D eigenvalue weighted by Gasteiger charge is -2.06. The van der Waals surface area contributed by atoms with Gasteiger partial charge in [-0.2, -0.15) is 0 Å². The molecule has 0 fully saturated rings. The highest BCUT2D eigenvalue weighted by atomic mass is 35.5. The number of methoxy groups -OCH3 is 2. The van der Waals surface area contributed by atoms with Gasteiger partial charge in [-0.15, -0.1) is 0 Å². The van der Waals surface area contributed by atoms with E-state index >= 15 is 0 Å². The third-order valence-corrected chi connectivity index (χ3v) is 3.19. The molecule has 0 aliphatic heterocycles. The molecule has 114 valence electrons. The SMILES string of the molecule is COC=C(C(=O)OC)C(C)=NOCc1ccc(Cl)c(Cl)c1. The lowest BCUT2D eigenvalue weighted by atomic mass is 10.2. The van der Waals surface area contributed by atoms with E-state index in [1.807, 2.05) is 0 Å². The molecule has 1 rings (SSSR count). The normalized spacial score (nSPS) is 12.0.